The molecule has 0 aliphatic heterocycles. The summed E-state index contributed by atoms with van der Waals surface area (Å²) in [6.07, 6.45) is 2.38. The number of Topliss-reactive ketones (excluding diaryl/α,β-unsaturated/α-hetero) is 1. The summed E-state index contributed by atoms with van der Waals surface area (Å²) in [5.41, 5.74) is 1.32. The zero-order chi connectivity index (χ0) is 13.0. The van der Waals surface area contributed by atoms with Crippen LogP contribution < -0.4 is 5.32 Å². The second-order valence-corrected chi connectivity index (χ2v) is 4.44. The molecule has 1 amide bonds. The van der Waals surface area contributed by atoms with Crippen LogP contribution >= 0.6 is 0 Å². The maximum atomic E-state index is 11.8. The van der Waals surface area contributed by atoms with Crippen molar-refractivity contribution in [3.05, 3.63) is 41.2 Å². The Morgan fingerprint density at radius 3 is 3.00 bits per heavy atom. The molecular formula is C14H14N2O2. The normalized spacial score (nSPS) is 18.4. The fourth-order valence-electron chi connectivity index (χ4n) is 2.14. The highest BCUT2D eigenvalue weighted by molar-refractivity contribution is 5.91. The van der Waals surface area contributed by atoms with Crippen LogP contribution in [0.4, 0.5) is 5.69 Å². The van der Waals surface area contributed by atoms with E-state index in [4.69, 9.17) is 6.57 Å². The highest BCUT2D eigenvalue weighted by Gasteiger charge is 2.25. The molecule has 1 aromatic rings. The van der Waals surface area contributed by atoms with E-state index in [1.54, 1.807) is 18.2 Å². The minimum absolute atomic E-state index is 0.123. The van der Waals surface area contributed by atoms with E-state index in [-0.39, 0.29) is 24.2 Å². The van der Waals surface area contributed by atoms with Gasteiger partial charge >= 0.3 is 0 Å². The molecule has 1 N–H and O–H groups in total. The monoisotopic (exact) mass is 242 g/mol. The summed E-state index contributed by atoms with van der Waals surface area (Å²) < 4.78 is 0. The van der Waals surface area contributed by atoms with Crippen molar-refractivity contribution in [3.63, 3.8) is 0 Å². The predicted octanol–water partition coefficient (Wildman–Crippen LogP) is 2.02. The third-order valence-electron chi connectivity index (χ3n) is 3.04. The lowest BCUT2D eigenvalue weighted by molar-refractivity contribution is -0.126. The molecule has 0 radical (unpaired) electrons. The molecule has 1 unspecified atom stereocenters. The van der Waals surface area contributed by atoms with Gasteiger partial charge in [-0.15, -0.1) is 0 Å². The van der Waals surface area contributed by atoms with E-state index in [9.17, 15) is 9.59 Å². The first kappa shape index (κ1) is 12.3. The lowest BCUT2D eigenvalue weighted by atomic mass is 10.1. The van der Waals surface area contributed by atoms with Crippen molar-refractivity contribution < 1.29 is 9.59 Å². The third-order valence-corrected chi connectivity index (χ3v) is 3.04. The van der Waals surface area contributed by atoms with E-state index in [1.807, 2.05) is 6.07 Å². The Hall–Kier alpha value is -2.15. The van der Waals surface area contributed by atoms with Crippen LogP contribution in [0.3, 0.4) is 0 Å². The standard InChI is InChI=1S/C14H14N2O2/c1-15-11-5-2-4-10(8-11)9-14(18)16-12-6-3-7-13(12)17/h2,4-5,8,12H,3,6-7,9H2,(H,16,18). The Labute approximate surface area is 106 Å². The van der Waals surface area contributed by atoms with Gasteiger partial charge in [-0.1, -0.05) is 24.3 Å². The van der Waals surface area contributed by atoms with E-state index in [2.05, 4.69) is 10.2 Å². The van der Waals surface area contributed by atoms with Crippen molar-refractivity contribution in [2.24, 2.45) is 0 Å². The Morgan fingerprint density at radius 1 is 1.50 bits per heavy atom. The molecule has 1 saturated carbocycles. The average Bonchev–Trinajstić information content (AvgIpc) is 2.75. The molecule has 0 spiro atoms. The molecule has 1 aliphatic carbocycles. The predicted molar refractivity (Wildman–Crippen MR) is 67.2 cm³/mol. The molecule has 0 aromatic heterocycles. The van der Waals surface area contributed by atoms with Crippen LogP contribution in [0, 0.1) is 6.57 Å². The summed E-state index contributed by atoms with van der Waals surface area (Å²) in [5, 5.41) is 2.75. The molecule has 92 valence electrons. The Kier molecular flexibility index (Phi) is 3.73. The molecule has 1 atom stereocenters. The number of rotatable bonds is 3. The molecule has 0 saturated heterocycles. The van der Waals surface area contributed by atoms with E-state index < -0.39 is 0 Å². The lowest BCUT2D eigenvalue weighted by Crippen LogP contribution is -2.38. The molecule has 18 heavy (non-hydrogen) atoms. The molecule has 1 aromatic carbocycles. The summed E-state index contributed by atoms with van der Waals surface area (Å²) in [6, 6.07) is 6.67. The van der Waals surface area contributed by atoms with E-state index in [1.165, 1.54) is 0 Å². The van der Waals surface area contributed by atoms with Gasteiger partial charge in [-0.25, -0.2) is 4.85 Å². The quantitative estimate of drug-likeness (QED) is 0.824. The topological polar surface area (TPSA) is 50.5 Å². The number of amides is 1. The van der Waals surface area contributed by atoms with Gasteiger partial charge in [-0.2, -0.15) is 0 Å². The number of benzene rings is 1. The van der Waals surface area contributed by atoms with Crippen molar-refractivity contribution >= 4 is 17.4 Å². The summed E-state index contributed by atoms with van der Waals surface area (Å²) in [6.45, 7) is 6.91. The number of hydrogen-bond acceptors (Lipinski definition) is 2. The first-order chi connectivity index (χ1) is 8.69. The number of carbonyl (C=O) groups excluding carboxylic acids is 2. The number of nitrogens with zero attached hydrogens (tertiary/aromatic N) is 1. The van der Waals surface area contributed by atoms with Crippen LogP contribution in [-0.2, 0) is 16.0 Å². The number of nitrogens with one attached hydrogen (secondary N) is 1. The van der Waals surface area contributed by atoms with Gasteiger partial charge in [0.1, 0.15) is 0 Å². The zero-order valence-corrected chi connectivity index (χ0v) is 9.98. The molecule has 1 aliphatic rings. The van der Waals surface area contributed by atoms with Crippen LogP contribution in [0.5, 0.6) is 0 Å². The number of carbonyl (C=O) groups is 2. The summed E-state index contributed by atoms with van der Waals surface area (Å²) in [5.74, 6) is -0.0318. The van der Waals surface area contributed by atoms with Gasteiger partial charge in [-0.3, -0.25) is 9.59 Å². The zero-order valence-electron chi connectivity index (χ0n) is 9.98. The van der Waals surface area contributed by atoms with E-state index in [0.717, 1.165) is 18.4 Å². The second kappa shape index (κ2) is 5.46. The van der Waals surface area contributed by atoms with Crippen molar-refractivity contribution in [1.29, 1.82) is 0 Å². The first-order valence-corrected chi connectivity index (χ1v) is 5.97. The minimum Gasteiger partial charge on any atom is -0.346 e. The largest absolute Gasteiger partial charge is 0.346 e. The fourth-order valence-corrected chi connectivity index (χ4v) is 2.14. The molecule has 0 bridgehead atoms. The highest BCUT2D eigenvalue weighted by Crippen LogP contribution is 2.16. The van der Waals surface area contributed by atoms with Gasteiger partial charge in [0.15, 0.2) is 11.5 Å². The SMILES string of the molecule is [C-]#[N+]c1cccc(CC(=O)NC2CCCC2=O)c1. The summed E-state index contributed by atoms with van der Waals surface area (Å²) in [4.78, 5) is 26.5. The molecule has 0 heterocycles. The summed E-state index contributed by atoms with van der Waals surface area (Å²) in [7, 11) is 0. The Bertz CT molecular complexity index is 517. The van der Waals surface area contributed by atoms with Crippen LogP contribution in [0.15, 0.2) is 24.3 Å². The van der Waals surface area contributed by atoms with Gasteiger partial charge in [0.05, 0.1) is 19.0 Å². The maximum Gasteiger partial charge on any atom is 0.224 e. The average molecular weight is 242 g/mol. The lowest BCUT2D eigenvalue weighted by Gasteiger charge is -2.10. The maximum absolute atomic E-state index is 11.8. The Balaban J connectivity index is 1.94. The first-order valence-electron chi connectivity index (χ1n) is 5.97. The van der Waals surface area contributed by atoms with Crippen LogP contribution in [-0.4, -0.2) is 17.7 Å². The number of ketones is 1. The van der Waals surface area contributed by atoms with Crippen LogP contribution in [0.1, 0.15) is 24.8 Å². The molecular weight excluding hydrogens is 228 g/mol. The van der Waals surface area contributed by atoms with Gasteiger partial charge in [0.25, 0.3) is 0 Å². The smallest absolute Gasteiger partial charge is 0.224 e. The Morgan fingerprint density at radius 2 is 2.33 bits per heavy atom. The van der Waals surface area contributed by atoms with Crippen molar-refractivity contribution in [3.8, 4) is 0 Å². The summed E-state index contributed by atoms with van der Waals surface area (Å²) >= 11 is 0. The van der Waals surface area contributed by atoms with Gasteiger partial charge in [0, 0.05) is 6.42 Å². The molecule has 1 fully saturated rings. The molecule has 2 rings (SSSR count). The highest BCUT2D eigenvalue weighted by atomic mass is 16.2. The third kappa shape index (κ3) is 2.95. The van der Waals surface area contributed by atoms with Crippen LogP contribution in [0.2, 0.25) is 0 Å². The van der Waals surface area contributed by atoms with Crippen molar-refractivity contribution in [2.75, 3.05) is 0 Å². The van der Waals surface area contributed by atoms with E-state index >= 15 is 0 Å². The molecule has 4 nitrogen and oxygen atoms in total. The van der Waals surface area contributed by atoms with Gasteiger partial charge < -0.3 is 5.32 Å². The van der Waals surface area contributed by atoms with Gasteiger partial charge in [-0.05, 0) is 18.4 Å². The van der Waals surface area contributed by atoms with Crippen molar-refractivity contribution in [1.82, 2.24) is 5.32 Å². The molecule has 4 heteroatoms. The second-order valence-electron chi connectivity index (χ2n) is 4.44. The van der Waals surface area contributed by atoms with Gasteiger partial charge in [0.2, 0.25) is 5.91 Å². The minimum atomic E-state index is -0.304. The number of hydrogen-bond donors (Lipinski definition) is 1. The van der Waals surface area contributed by atoms with Crippen LogP contribution in [0.25, 0.3) is 4.85 Å². The van der Waals surface area contributed by atoms with E-state index in [0.29, 0.717) is 12.1 Å². The fraction of sp³-hybridized carbons (Fsp3) is 0.357. The van der Waals surface area contributed by atoms with Crippen molar-refractivity contribution in [2.45, 2.75) is 31.7 Å².